The molecule has 1 aromatic heterocycles. The third kappa shape index (κ3) is 10.8. The van der Waals surface area contributed by atoms with Crippen LogP contribution in [0.3, 0.4) is 0 Å². The molecule has 1 aromatic rings. The minimum Gasteiger partial charge on any atom is -0.483 e. The fourth-order valence-corrected chi connectivity index (χ4v) is 1.88. The number of rotatable bonds is 6. The number of carboxylic acid groups (broad SMARTS) is 1. The summed E-state index contributed by atoms with van der Waals surface area (Å²) < 4.78 is 4.73. The van der Waals surface area contributed by atoms with Gasteiger partial charge in [0, 0.05) is 26.0 Å². The first kappa shape index (κ1) is 20.1. The molecule has 0 fully saturated rings. The summed E-state index contributed by atoms with van der Waals surface area (Å²) in [5, 5.41) is 15.2. The lowest BCUT2D eigenvalue weighted by Crippen LogP contribution is -2.23. The lowest BCUT2D eigenvalue weighted by Gasteiger charge is -2.17. The molecule has 2 rings (SSSR count). The van der Waals surface area contributed by atoms with Crippen LogP contribution in [-0.4, -0.2) is 46.7 Å². The molecule has 1 aliphatic heterocycles. The van der Waals surface area contributed by atoms with E-state index in [0.717, 1.165) is 6.67 Å². The Balaban J connectivity index is 0.000000372. The average Bonchev–Trinajstić information content (AvgIpc) is 3.16. The molecule has 0 amide bonds. The van der Waals surface area contributed by atoms with Crippen LogP contribution in [0, 0.1) is 0 Å². The summed E-state index contributed by atoms with van der Waals surface area (Å²) >= 11 is 0. The van der Waals surface area contributed by atoms with Gasteiger partial charge in [-0.3, -0.25) is 4.79 Å². The molecule has 0 radical (unpaired) electrons. The second-order valence-corrected chi connectivity index (χ2v) is 4.91. The Bertz CT molecular complexity index is 380. The van der Waals surface area contributed by atoms with Crippen molar-refractivity contribution in [3.63, 3.8) is 0 Å². The van der Waals surface area contributed by atoms with E-state index in [1.54, 1.807) is 12.1 Å². The molecule has 0 bridgehead atoms. The van der Waals surface area contributed by atoms with Crippen molar-refractivity contribution in [1.82, 2.24) is 9.80 Å². The molecule has 0 saturated heterocycles. The van der Waals surface area contributed by atoms with Gasteiger partial charge in [0.1, 0.15) is 12.4 Å². The highest BCUT2D eigenvalue weighted by Gasteiger charge is 2.06. The number of hydrogen-bond acceptors (Lipinski definition) is 5. The molecule has 2 heterocycles. The SMILES string of the molecule is CCCCCCN1C=CN(C)C1.O=CO.OCc1ccco1. The topological polar surface area (TPSA) is 77.2 Å². The van der Waals surface area contributed by atoms with E-state index in [1.807, 2.05) is 0 Å². The summed E-state index contributed by atoms with van der Waals surface area (Å²) in [4.78, 5) is 12.9. The van der Waals surface area contributed by atoms with Gasteiger partial charge in [-0.05, 0) is 18.6 Å². The van der Waals surface area contributed by atoms with Gasteiger partial charge >= 0.3 is 0 Å². The molecule has 0 aromatic carbocycles. The van der Waals surface area contributed by atoms with E-state index in [2.05, 4.69) is 36.2 Å². The number of hydrogen-bond donors (Lipinski definition) is 2. The monoisotopic (exact) mass is 312 g/mol. The molecule has 0 aliphatic carbocycles. The molecule has 6 nitrogen and oxygen atoms in total. The fraction of sp³-hybridized carbons (Fsp3) is 0.562. The van der Waals surface area contributed by atoms with Gasteiger partial charge in [0.05, 0.1) is 12.9 Å². The highest BCUT2D eigenvalue weighted by atomic mass is 16.4. The molecular formula is C16H28N2O4. The predicted octanol–water partition coefficient (Wildman–Crippen LogP) is 2.72. The molecule has 0 saturated carbocycles. The first-order valence-corrected chi connectivity index (χ1v) is 7.51. The Morgan fingerprint density at radius 1 is 1.32 bits per heavy atom. The summed E-state index contributed by atoms with van der Waals surface area (Å²) in [7, 11) is 2.11. The van der Waals surface area contributed by atoms with E-state index in [1.165, 1.54) is 38.5 Å². The first-order chi connectivity index (χ1) is 10.7. The maximum absolute atomic E-state index is 8.36. The number of aliphatic hydroxyl groups is 1. The smallest absolute Gasteiger partial charge is 0.290 e. The van der Waals surface area contributed by atoms with Crippen LogP contribution in [0.4, 0.5) is 0 Å². The van der Waals surface area contributed by atoms with E-state index in [0.29, 0.717) is 5.76 Å². The number of furan rings is 1. The molecule has 2 N–H and O–H groups in total. The third-order valence-corrected chi connectivity index (χ3v) is 2.97. The number of carbonyl (C=O) groups is 1. The van der Waals surface area contributed by atoms with Crippen LogP contribution >= 0.6 is 0 Å². The average molecular weight is 312 g/mol. The van der Waals surface area contributed by atoms with Gasteiger partial charge in [0.2, 0.25) is 0 Å². The van der Waals surface area contributed by atoms with Crippen molar-refractivity contribution in [2.45, 2.75) is 39.2 Å². The first-order valence-electron chi connectivity index (χ1n) is 7.51. The van der Waals surface area contributed by atoms with Crippen molar-refractivity contribution >= 4 is 6.47 Å². The summed E-state index contributed by atoms with van der Waals surface area (Å²) in [6, 6.07) is 3.46. The summed E-state index contributed by atoms with van der Waals surface area (Å²) in [5.41, 5.74) is 0. The van der Waals surface area contributed by atoms with Crippen LogP contribution in [0.5, 0.6) is 0 Å². The standard InChI is InChI=1S/C10H20N2.C5H6O2.CH2O2/c1-3-4-5-6-7-12-9-8-11(2)10-12;6-4-5-2-1-3-7-5;2-1-3/h8-9H,3-7,10H2,1-2H3;1-3,6H,4H2;1H,(H,2,3). The van der Waals surface area contributed by atoms with E-state index in [9.17, 15) is 0 Å². The second-order valence-electron chi connectivity index (χ2n) is 4.91. The van der Waals surface area contributed by atoms with Crippen LogP contribution in [0.25, 0.3) is 0 Å². The van der Waals surface area contributed by atoms with Gasteiger partial charge in [-0.1, -0.05) is 26.2 Å². The van der Waals surface area contributed by atoms with Crippen LogP contribution in [0.15, 0.2) is 35.2 Å². The molecule has 22 heavy (non-hydrogen) atoms. The van der Waals surface area contributed by atoms with Gasteiger partial charge in [-0.2, -0.15) is 0 Å². The Labute approximate surface area is 132 Å². The third-order valence-electron chi connectivity index (χ3n) is 2.97. The van der Waals surface area contributed by atoms with Crippen molar-refractivity contribution in [2.24, 2.45) is 0 Å². The molecule has 126 valence electrons. The number of nitrogens with zero attached hydrogens (tertiary/aromatic N) is 2. The minimum absolute atomic E-state index is 0.00694. The maximum atomic E-state index is 8.36. The molecule has 0 atom stereocenters. The molecule has 0 unspecified atom stereocenters. The highest BCUT2D eigenvalue weighted by Crippen LogP contribution is 2.06. The quantitative estimate of drug-likeness (QED) is 0.621. The van der Waals surface area contributed by atoms with Crippen molar-refractivity contribution in [3.05, 3.63) is 36.6 Å². The van der Waals surface area contributed by atoms with E-state index in [-0.39, 0.29) is 13.1 Å². The Morgan fingerprint density at radius 2 is 2.05 bits per heavy atom. The van der Waals surface area contributed by atoms with E-state index < -0.39 is 0 Å². The van der Waals surface area contributed by atoms with Crippen molar-refractivity contribution in [1.29, 1.82) is 0 Å². The summed E-state index contributed by atoms with van der Waals surface area (Å²) in [6.45, 7) is 4.30. The number of aliphatic hydroxyl groups excluding tert-OH is 1. The van der Waals surface area contributed by atoms with Gasteiger partial charge in [0.25, 0.3) is 6.47 Å². The van der Waals surface area contributed by atoms with Crippen molar-refractivity contribution in [2.75, 3.05) is 20.3 Å². The van der Waals surface area contributed by atoms with Crippen molar-refractivity contribution in [3.8, 4) is 0 Å². The van der Waals surface area contributed by atoms with E-state index >= 15 is 0 Å². The minimum atomic E-state index is -0.250. The van der Waals surface area contributed by atoms with E-state index in [4.69, 9.17) is 19.4 Å². The summed E-state index contributed by atoms with van der Waals surface area (Å²) in [5.74, 6) is 0.611. The lowest BCUT2D eigenvalue weighted by atomic mass is 10.2. The zero-order valence-corrected chi connectivity index (χ0v) is 13.5. The van der Waals surface area contributed by atoms with Crippen LogP contribution < -0.4 is 0 Å². The highest BCUT2D eigenvalue weighted by molar-refractivity contribution is 5.32. The van der Waals surface area contributed by atoms with Gasteiger partial charge in [0.15, 0.2) is 0 Å². The second kappa shape index (κ2) is 14.0. The van der Waals surface area contributed by atoms with Gasteiger partial charge in [-0.15, -0.1) is 0 Å². The van der Waals surface area contributed by atoms with Crippen molar-refractivity contribution < 1.29 is 19.4 Å². The Hall–Kier alpha value is -1.95. The molecule has 1 aliphatic rings. The largest absolute Gasteiger partial charge is 0.483 e. The zero-order chi connectivity index (χ0) is 16.6. The molecule has 6 heteroatoms. The van der Waals surface area contributed by atoms with Crippen LogP contribution in [0.1, 0.15) is 38.4 Å². The zero-order valence-electron chi connectivity index (χ0n) is 13.5. The van der Waals surface area contributed by atoms with Gasteiger partial charge in [-0.25, -0.2) is 0 Å². The molecule has 0 spiro atoms. The Kier molecular flexibility index (Phi) is 12.8. The van der Waals surface area contributed by atoms with Crippen LogP contribution in [0.2, 0.25) is 0 Å². The summed E-state index contributed by atoms with van der Waals surface area (Å²) in [6.07, 6.45) is 11.3. The lowest BCUT2D eigenvalue weighted by molar-refractivity contribution is -0.122. The fourth-order valence-electron chi connectivity index (χ4n) is 1.88. The van der Waals surface area contributed by atoms with Gasteiger partial charge < -0.3 is 24.4 Å². The maximum Gasteiger partial charge on any atom is 0.290 e. The Morgan fingerprint density at radius 3 is 2.45 bits per heavy atom. The number of unbranched alkanes of at least 4 members (excludes halogenated alkanes) is 3. The molecular weight excluding hydrogens is 284 g/mol. The van der Waals surface area contributed by atoms with Crippen LogP contribution in [-0.2, 0) is 11.4 Å². The predicted molar refractivity (Wildman–Crippen MR) is 85.9 cm³/mol. The normalized spacial score (nSPS) is 12.3.